The molecule has 0 saturated carbocycles. The topological polar surface area (TPSA) is 17.0 Å². The van der Waals surface area contributed by atoms with Crippen molar-refractivity contribution in [1.82, 2.24) is 4.57 Å². The number of anilines is 2. The molecule has 0 atom stereocenters. The summed E-state index contributed by atoms with van der Waals surface area (Å²) in [6.45, 7) is 0. The minimum atomic E-state index is 1.05. The minimum absolute atomic E-state index is 1.05. The van der Waals surface area contributed by atoms with E-state index in [9.17, 15) is 0 Å². The fraction of sp³-hybridized carbons (Fsp3) is 0. The van der Waals surface area contributed by atoms with Gasteiger partial charge in [-0.2, -0.15) is 0 Å². The molecular weight excluding hydrogens is 605 g/mol. The number of hydrogen-bond acceptors (Lipinski definition) is 1. The van der Waals surface area contributed by atoms with Gasteiger partial charge in [0.05, 0.1) is 11.0 Å². The zero-order valence-electron chi connectivity index (χ0n) is 27.5. The van der Waals surface area contributed by atoms with Crippen LogP contribution in [0.4, 0.5) is 11.4 Å². The molecular formula is C48H34N2. The second-order valence-electron chi connectivity index (χ2n) is 12.7. The van der Waals surface area contributed by atoms with Gasteiger partial charge >= 0.3 is 0 Å². The second kappa shape index (κ2) is 12.8. The maximum Gasteiger partial charge on any atom is 0.0547 e. The molecule has 0 aliphatic rings. The quantitative estimate of drug-likeness (QED) is 0.184. The lowest BCUT2D eigenvalue weighted by Gasteiger charge is -2.16. The maximum atomic E-state index is 3.80. The molecule has 0 unspecified atom stereocenters. The normalized spacial score (nSPS) is 11.2. The molecule has 0 aliphatic carbocycles. The minimum Gasteiger partial charge on any atom is -0.355 e. The highest BCUT2D eigenvalue weighted by Crippen LogP contribution is 2.39. The molecule has 2 heteroatoms. The summed E-state index contributed by atoms with van der Waals surface area (Å²) in [4.78, 5) is 0. The molecule has 0 amide bonds. The van der Waals surface area contributed by atoms with Gasteiger partial charge in [0.1, 0.15) is 0 Å². The Morgan fingerprint density at radius 2 is 0.840 bits per heavy atom. The van der Waals surface area contributed by atoms with E-state index in [0.717, 1.165) is 28.2 Å². The third kappa shape index (κ3) is 5.53. The van der Waals surface area contributed by atoms with Crippen molar-refractivity contribution in [3.8, 4) is 50.2 Å². The fourth-order valence-electron chi connectivity index (χ4n) is 7.12. The van der Waals surface area contributed by atoms with Crippen LogP contribution in [0.1, 0.15) is 0 Å². The van der Waals surface area contributed by atoms with Crippen molar-refractivity contribution in [2.45, 2.75) is 0 Å². The van der Waals surface area contributed by atoms with Gasteiger partial charge in [-0.05, 0) is 81.4 Å². The van der Waals surface area contributed by atoms with Crippen molar-refractivity contribution in [2.24, 2.45) is 0 Å². The van der Waals surface area contributed by atoms with E-state index in [1.165, 1.54) is 55.2 Å². The van der Waals surface area contributed by atoms with Crippen LogP contribution in [0.5, 0.6) is 0 Å². The molecule has 0 bridgehead atoms. The summed E-state index contributed by atoms with van der Waals surface area (Å²) >= 11 is 0. The molecule has 2 nitrogen and oxygen atoms in total. The summed E-state index contributed by atoms with van der Waals surface area (Å²) in [6.07, 6.45) is 0. The number of para-hydroxylation sites is 1. The monoisotopic (exact) mass is 638 g/mol. The summed E-state index contributed by atoms with van der Waals surface area (Å²) < 4.78 is 2.40. The van der Waals surface area contributed by atoms with Gasteiger partial charge in [0.15, 0.2) is 0 Å². The van der Waals surface area contributed by atoms with Crippen LogP contribution in [0.2, 0.25) is 0 Å². The van der Waals surface area contributed by atoms with Gasteiger partial charge in [-0.15, -0.1) is 0 Å². The largest absolute Gasteiger partial charge is 0.355 e. The lowest BCUT2D eigenvalue weighted by atomic mass is 9.97. The Morgan fingerprint density at radius 3 is 1.58 bits per heavy atom. The predicted octanol–water partition coefficient (Wildman–Crippen LogP) is 13.2. The van der Waals surface area contributed by atoms with E-state index in [1.807, 2.05) is 0 Å². The molecule has 0 spiro atoms. The molecule has 236 valence electrons. The molecule has 9 rings (SSSR count). The van der Waals surface area contributed by atoms with Crippen LogP contribution in [0.3, 0.4) is 0 Å². The number of benzene rings is 8. The first-order valence-corrected chi connectivity index (χ1v) is 17.1. The molecule has 0 saturated heterocycles. The van der Waals surface area contributed by atoms with Gasteiger partial charge < -0.3 is 9.88 Å². The summed E-state index contributed by atoms with van der Waals surface area (Å²) in [5.74, 6) is 0. The van der Waals surface area contributed by atoms with E-state index < -0.39 is 0 Å². The molecule has 8 aromatic carbocycles. The predicted molar refractivity (Wildman–Crippen MR) is 212 cm³/mol. The van der Waals surface area contributed by atoms with E-state index in [1.54, 1.807) is 0 Å². The number of rotatable bonds is 7. The molecule has 0 fully saturated rings. The van der Waals surface area contributed by atoms with Crippen LogP contribution in [0.15, 0.2) is 200 Å². The number of fused-ring (bicyclic) bond motifs is 3. The number of nitrogens with zero attached hydrogens (tertiary/aromatic N) is 1. The zero-order chi connectivity index (χ0) is 33.3. The Labute approximate surface area is 292 Å². The van der Waals surface area contributed by atoms with Crippen molar-refractivity contribution >= 4 is 33.2 Å². The standard InChI is InChI=1S/C48H34N2/c1-4-13-34(14-5-1)36-23-27-42(28-24-36)50-47-22-11-10-21-44(47)45-30-26-40(33-48(45)50)39-25-29-43(37-17-8-3-9-18-37)46(32-39)49-41-20-12-19-38(31-41)35-15-6-2-7-16-35/h1-33,49H. The lowest BCUT2D eigenvalue weighted by molar-refractivity contribution is 1.18. The van der Waals surface area contributed by atoms with E-state index in [-0.39, 0.29) is 0 Å². The lowest BCUT2D eigenvalue weighted by Crippen LogP contribution is -1.96. The van der Waals surface area contributed by atoms with E-state index >= 15 is 0 Å². The highest BCUT2D eigenvalue weighted by atomic mass is 15.0. The molecule has 1 aromatic heterocycles. The Balaban J connectivity index is 1.16. The van der Waals surface area contributed by atoms with Crippen molar-refractivity contribution in [1.29, 1.82) is 0 Å². The molecule has 0 aliphatic heterocycles. The van der Waals surface area contributed by atoms with Crippen LogP contribution in [-0.2, 0) is 0 Å². The van der Waals surface area contributed by atoms with Gasteiger partial charge in [-0.25, -0.2) is 0 Å². The molecule has 1 heterocycles. The molecule has 0 radical (unpaired) electrons. The maximum absolute atomic E-state index is 3.80. The summed E-state index contributed by atoms with van der Waals surface area (Å²) in [5, 5.41) is 6.30. The van der Waals surface area contributed by atoms with Crippen LogP contribution in [0.25, 0.3) is 72.0 Å². The Bertz CT molecular complexity index is 2580. The van der Waals surface area contributed by atoms with Gasteiger partial charge in [0.2, 0.25) is 0 Å². The molecule has 50 heavy (non-hydrogen) atoms. The van der Waals surface area contributed by atoms with Gasteiger partial charge in [0, 0.05) is 33.4 Å². The Hall–Kier alpha value is -6.64. The van der Waals surface area contributed by atoms with Crippen molar-refractivity contribution < 1.29 is 0 Å². The zero-order valence-corrected chi connectivity index (χ0v) is 27.5. The van der Waals surface area contributed by atoms with Gasteiger partial charge in [-0.1, -0.05) is 158 Å². The van der Waals surface area contributed by atoms with E-state index in [2.05, 4.69) is 210 Å². The first-order chi connectivity index (χ1) is 24.8. The smallest absolute Gasteiger partial charge is 0.0547 e. The number of nitrogens with one attached hydrogen (secondary N) is 1. The first kappa shape index (κ1) is 29.5. The third-order valence-corrected chi connectivity index (χ3v) is 9.59. The van der Waals surface area contributed by atoms with Crippen LogP contribution < -0.4 is 5.32 Å². The first-order valence-electron chi connectivity index (χ1n) is 17.1. The average molecular weight is 639 g/mol. The SMILES string of the molecule is c1ccc(-c2ccc(-n3c4ccccc4c4ccc(-c5ccc(-c6ccccc6)c(Nc6cccc(-c7ccccc7)c6)c5)cc43)cc2)cc1. The van der Waals surface area contributed by atoms with Crippen LogP contribution in [0, 0.1) is 0 Å². The average Bonchev–Trinajstić information content (AvgIpc) is 3.53. The van der Waals surface area contributed by atoms with Crippen LogP contribution >= 0.6 is 0 Å². The third-order valence-electron chi connectivity index (χ3n) is 9.59. The van der Waals surface area contributed by atoms with E-state index in [0.29, 0.717) is 0 Å². The molecule has 1 N–H and O–H groups in total. The Morgan fingerprint density at radius 1 is 0.320 bits per heavy atom. The van der Waals surface area contributed by atoms with Crippen LogP contribution in [-0.4, -0.2) is 4.57 Å². The number of hydrogen-bond donors (Lipinski definition) is 1. The fourth-order valence-corrected chi connectivity index (χ4v) is 7.12. The molecule has 9 aromatic rings. The van der Waals surface area contributed by atoms with Gasteiger partial charge in [-0.3, -0.25) is 0 Å². The van der Waals surface area contributed by atoms with E-state index in [4.69, 9.17) is 0 Å². The summed E-state index contributed by atoms with van der Waals surface area (Å²) in [7, 11) is 0. The van der Waals surface area contributed by atoms with Crippen molar-refractivity contribution in [2.75, 3.05) is 5.32 Å². The van der Waals surface area contributed by atoms with Crippen molar-refractivity contribution in [3.05, 3.63) is 200 Å². The Kier molecular flexibility index (Phi) is 7.53. The highest BCUT2D eigenvalue weighted by molar-refractivity contribution is 6.10. The van der Waals surface area contributed by atoms with Gasteiger partial charge in [0.25, 0.3) is 0 Å². The summed E-state index contributed by atoms with van der Waals surface area (Å²) in [6, 6.07) is 71.7. The van der Waals surface area contributed by atoms with Crippen molar-refractivity contribution in [3.63, 3.8) is 0 Å². The number of aromatic nitrogens is 1. The highest BCUT2D eigenvalue weighted by Gasteiger charge is 2.15. The second-order valence-corrected chi connectivity index (χ2v) is 12.7. The summed E-state index contributed by atoms with van der Waals surface area (Å²) in [5.41, 5.74) is 15.1.